The molecule has 7 heteroatoms. The first kappa shape index (κ1) is 19.1. The van der Waals surface area contributed by atoms with Crippen molar-refractivity contribution in [3.63, 3.8) is 0 Å². The van der Waals surface area contributed by atoms with Crippen molar-refractivity contribution in [1.29, 1.82) is 0 Å². The highest BCUT2D eigenvalue weighted by atomic mass is 16.7. The third-order valence-corrected chi connectivity index (χ3v) is 6.31. The van der Waals surface area contributed by atoms with E-state index < -0.39 is 22.1 Å². The highest BCUT2D eigenvalue weighted by molar-refractivity contribution is 5.89. The molecule has 0 unspecified atom stereocenters. The van der Waals surface area contributed by atoms with Crippen LogP contribution in [0.2, 0.25) is 0 Å². The fourth-order valence-electron chi connectivity index (χ4n) is 4.94. The Hall–Kier alpha value is -2.25. The molecule has 1 saturated heterocycles. The van der Waals surface area contributed by atoms with Crippen LogP contribution in [0.5, 0.6) is 0 Å². The smallest absolute Gasteiger partial charge is 0.338 e. The Morgan fingerprint density at radius 3 is 2.54 bits per heavy atom. The quantitative estimate of drug-likeness (QED) is 0.335. The van der Waals surface area contributed by atoms with Gasteiger partial charge in [0.15, 0.2) is 5.79 Å². The number of benzene rings is 1. The van der Waals surface area contributed by atoms with Crippen molar-refractivity contribution < 1.29 is 23.9 Å². The lowest BCUT2D eigenvalue weighted by molar-refractivity contribution is -0.384. The Morgan fingerprint density at radius 2 is 1.82 bits per heavy atom. The van der Waals surface area contributed by atoms with Gasteiger partial charge in [0.1, 0.15) is 6.10 Å². The molecule has 28 heavy (non-hydrogen) atoms. The summed E-state index contributed by atoms with van der Waals surface area (Å²) in [4.78, 5) is 23.2. The Morgan fingerprint density at radius 1 is 1.11 bits per heavy atom. The highest BCUT2D eigenvalue weighted by Crippen LogP contribution is 2.56. The van der Waals surface area contributed by atoms with Crippen molar-refractivity contribution in [1.82, 2.24) is 0 Å². The summed E-state index contributed by atoms with van der Waals surface area (Å²) in [6.45, 7) is 1.13. The predicted octanol–water partition coefficient (Wildman–Crippen LogP) is 4.16. The summed E-state index contributed by atoms with van der Waals surface area (Å²) in [6, 6.07) is 5.54. The molecule has 0 aromatic heterocycles. The van der Waals surface area contributed by atoms with Gasteiger partial charge < -0.3 is 14.2 Å². The Balaban J connectivity index is 1.60. The molecule has 0 radical (unpaired) electrons. The van der Waals surface area contributed by atoms with Gasteiger partial charge in [-0.25, -0.2) is 4.79 Å². The van der Waals surface area contributed by atoms with Crippen LogP contribution < -0.4 is 0 Å². The molecule has 7 nitrogen and oxygen atoms in total. The highest BCUT2D eigenvalue weighted by Gasteiger charge is 2.61. The lowest BCUT2D eigenvalue weighted by atomic mass is 9.63. The van der Waals surface area contributed by atoms with Gasteiger partial charge in [0.05, 0.1) is 29.1 Å². The lowest BCUT2D eigenvalue weighted by Crippen LogP contribution is -2.58. The molecule has 0 amide bonds. The van der Waals surface area contributed by atoms with Gasteiger partial charge in [-0.3, -0.25) is 10.1 Å². The monoisotopic (exact) mass is 387 g/mol. The number of hydrogen-bond donors (Lipinski definition) is 0. The van der Waals surface area contributed by atoms with Crippen LogP contribution in [0.1, 0.15) is 55.3 Å². The average molecular weight is 387 g/mol. The van der Waals surface area contributed by atoms with E-state index >= 15 is 0 Å². The van der Waals surface area contributed by atoms with E-state index in [0.29, 0.717) is 25.2 Å². The second-order valence-electron chi connectivity index (χ2n) is 7.76. The third kappa shape index (κ3) is 3.22. The molecule has 1 aromatic rings. The van der Waals surface area contributed by atoms with Crippen LogP contribution >= 0.6 is 0 Å². The van der Waals surface area contributed by atoms with E-state index in [1.54, 1.807) is 0 Å². The zero-order chi connectivity index (χ0) is 19.6. The number of carbonyl (C=O) groups is 1. The summed E-state index contributed by atoms with van der Waals surface area (Å²) in [6.07, 6.45) is 10.1. The van der Waals surface area contributed by atoms with E-state index in [4.69, 9.17) is 14.2 Å². The maximum absolute atomic E-state index is 12.8. The van der Waals surface area contributed by atoms with E-state index in [1.165, 1.54) is 24.3 Å². The number of allylic oxidation sites excluding steroid dienone is 2. The molecule has 3 aliphatic rings. The topological polar surface area (TPSA) is 87.9 Å². The fraction of sp³-hybridized carbons (Fsp3) is 0.571. The Bertz CT molecular complexity index is 768. The molecule has 2 spiro atoms. The number of carbonyl (C=O) groups excluding carboxylic acids is 1. The fourth-order valence-corrected chi connectivity index (χ4v) is 4.94. The second kappa shape index (κ2) is 7.64. The molecule has 1 aliphatic heterocycles. The molecule has 4 rings (SSSR count). The van der Waals surface area contributed by atoms with Crippen LogP contribution in [0.15, 0.2) is 36.4 Å². The van der Waals surface area contributed by atoms with Crippen molar-refractivity contribution in [3.05, 3.63) is 52.1 Å². The van der Waals surface area contributed by atoms with Crippen LogP contribution in [-0.4, -0.2) is 36.0 Å². The number of rotatable bonds is 3. The van der Waals surface area contributed by atoms with Gasteiger partial charge in [0.25, 0.3) is 5.69 Å². The third-order valence-electron chi connectivity index (χ3n) is 6.31. The van der Waals surface area contributed by atoms with Gasteiger partial charge in [-0.15, -0.1) is 0 Å². The molecule has 0 bridgehead atoms. The van der Waals surface area contributed by atoms with Crippen molar-refractivity contribution in [2.24, 2.45) is 5.41 Å². The second-order valence-corrected chi connectivity index (χ2v) is 7.76. The molecule has 2 fully saturated rings. The number of hydrogen-bond acceptors (Lipinski definition) is 6. The number of fused-ring (bicyclic) bond motifs is 1. The molecule has 2 atom stereocenters. The summed E-state index contributed by atoms with van der Waals surface area (Å²) < 4.78 is 18.4. The number of ether oxygens (including phenoxy) is 3. The van der Waals surface area contributed by atoms with Crippen molar-refractivity contribution in [2.45, 2.75) is 56.8 Å². The molecule has 1 aromatic carbocycles. The minimum Gasteiger partial charge on any atom is -0.458 e. The first-order chi connectivity index (χ1) is 13.6. The van der Waals surface area contributed by atoms with E-state index in [1.807, 2.05) is 0 Å². The SMILES string of the molecule is O=C(O[C@H]1CCC=CC[C@]12CCCCC21OCCO1)c1ccc([N+](=O)[O-])cc1. The number of non-ortho nitro benzene ring substituents is 1. The van der Waals surface area contributed by atoms with E-state index in [2.05, 4.69) is 12.2 Å². The average Bonchev–Trinajstić information content (AvgIpc) is 3.09. The van der Waals surface area contributed by atoms with Crippen LogP contribution in [0, 0.1) is 15.5 Å². The summed E-state index contributed by atoms with van der Waals surface area (Å²) in [5, 5.41) is 10.8. The van der Waals surface area contributed by atoms with Gasteiger partial charge >= 0.3 is 5.97 Å². The molecule has 1 heterocycles. The maximum Gasteiger partial charge on any atom is 0.338 e. The van der Waals surface area contributed by atoms with Crippen LogP contribution in [0.3, 0.4) is 0 Å². The molecule has 1 saturated carbocycles. The summed E-state index contributed by atoms with van der Waals surface area (Å²) in [5.41, 5.74) is -0.132. The molecular weight excluding hydrogens is 362 g/mol. The van der Waals surface area contributed by atoms with E-state index in [0.717, 1.165) is 38.5 Å². The number of nitro benzene ring substituents is 1. The lowest BCUT2D eigenvalue weighted by Gasteiger charge is -2.52. The van der Waals surface area contributed by atoms with E-state index in [9.17, 15) is 14.9 Å². The molecule has 150 valence electrons. The van der Waals surface area contributed by atoms with Gasteiger partial charge in [-0.05, 0) is 44.2 Å². The van der Waals surface area contributed by atoms with Gasteiger partial charge in [-0.2, -0.15) is 0 Å². The van der Waals surface area contributed by atoms with Crippen molar-refractivity contribution >= 4 is 11.7 Å². The zero-order valence-electron chi connectivity index (χ0n) is 15.8. The minimum absolute atomic E-state index is 0.0503. The first-order valence-corrected chi connectivity index (χ1v) is 9.95. The van der Waals surface area contributed by atoms with Crippen LogP contribution in [-0.2, 0) is 14.2 Å². The summed E-state index contributed by atoms with van der Waals surface area (Å²) >= 11 is 0. The number of esters is 1. The first-order valence-electron chi connectivity index (χ1n) is 9.95. The van der Waals surface area contributed by atoms with Crippen molar-refractivity contribution in [2.75, 3.05) is 13.2 Å². The Kier molecular flexibility index (Phi) is 5.21. The van der Waals surface area contributed by atoms with Crippen LogP contribution in [0.4, 0.5) is 5.69 Å². The molecular formula is C21H25NO6. The van der Waals surface area contributed by atoms with Gasteiger partial charge in [-0.1, -0.05) is 18.6 Å². The van der Waals surface area contributed by atoms with E-state index in [-0.39, 0.29) is 11.8 Å². The number of nitro groups is 1. The summed E-state index contributed by atoms with van der Waals surface area (Å²) in [7, 11) is 0. The largest absolute Gasteiger partial charge is 0.458 e. The minimum atomic E-state index is -0.694. The van der Waals surface area contributed by atoms with Gasteiger partial charge in [0.2, 0.25) is 0 Å². The standard InChI is InChI=1S/C21H25NO6/c23-19(16-7-9-17(10-8-16)22(24)25)28-18-6-2-1-3-11-20(18)12-4-5-13-21(20)26-14-15-27-21/h1,3,7-10,18H,2,4-6,11-15H2/t18-,20-/m0/s1. The molecule has 0 N–H and O–H groups in total. The van der Waals surface area contributed by atoms with Gasteiger partial charge in [0, 0.05) is 18.6 Å². The Labute approximate surface area is 163 Å². The zero-order valence-corrected chi connectivity index (χ0v) is 15.8. The van der Waals surface area contributed by atoms with Crippen molar-refractivity contribution in [3.8, 4) is 0 Å². The van der Waals surface area contributed by atoms with Crippen LogP contribution in [0.25, 0.3) is 0 Å². The maximum atomic E-state index is 12.8. The normalized spacial score (nSPS) is 28.9. The predicted molar refractivity (Wildman–Crippen MR) is 101 cm³/mol. The summed E-state index contributed by atoms with van der Waals surface area (Å²) in [5.74, 6) is -1.15. The molecule has 2 aliphatic carbocycles. The number of nitrogens with zero attached hydrogens (tertiary/aromatic N) is 1.